The van der Waals surface area contributed by atoms with Gasteiger partial charge in [0.2, 0.25) is 5.91 Å². The van der Waals surface area contributed by atoms with E-state index in [0.717, 1.165) is 36.5 Å². The van der Waals surface area contributed by atoms with E-state index in [9.17, 15) is 4.79 Å². The Morgan fingerprint density at radius 3 is 3.09 bits per heavy atom. The van der Waals surface area contributed by atoms with Crippen LogP contribution in [0.25, 0.3) is 0 Å². The summed E-state index contributed by atoms with van der Waals surface area (Å²) in [6, 6.07) is 6.07. The number of nitrogens with one attached hydrogen (secondary N) is 1. The summed E-state index contributed by atoms with van der Waals surface area (Å²) in [4.78, 5) is 21.8. The minimum atomic E-state index is 0.0817. The Morgan fingerprint density at radius 2 is 2.30 bits per heavy atom. The normalized spacial score (nSPS) is 17.5. The number of aromatic nitrogens is 2. The molecule has 122 valence electrons. The Hall–Kier alpha value is -2.30. The number of hydrogen-bond donors (Lipinski definition) is 1. The molecular formula is C18H23N3O2. The van der Waals surface area contributed by atoms with Gasteiger partial charge in [-0.15, -0.1) is 0 Å². The highest BCUT2D eigenvalue weighted by Crippen LogP contribution is 2.30. The zero-order valence-electron chi connectivity index (χ0n) is 13.7. The molecule has 3 rings (SSSR count). The van der Waals surface area contributed by atoms with E-state index in [0.29, 0.717) is 13.0 Å². The fourth-order valence-corrected chi connectivity index (χ4v) is 3.08. The minimum Gasteiger partial charge on any atom is -0.493 e. The van der Waals surface area contributed by atoms with E-state index in [1.54, 1.807) is 12.4 Å². The van der Waals surface area contributed by atoms with Gasteiger partial charge in [0, 0.05) is 18.9 Å². The lowest BCUT2D eigenvalue weighted by Gasteiger charge is -2.23. The van der Waals surface area contributed by atoms with Crippen LogP contribution in [0, 0.1) is 13.8 Å². The molecule has 1 aromatic heterocycles. The summed E-state index contributed by atoms with van der Waals surface area (Å²) in [5, 5.41) is 0. The average molecular weight is 313 g/mol. The van der Waals surface area contributed by atoms with Crippen molar-refractivity contribution in [3.8, 4) is 5.75 Å². The van der Waals surface area contributed by atoms with E-state index < -0.39 is 0 Å². The average Bonchev–Trinajstić information content (AvgIpc) is 3.21. The Morgan fingerprint density at radius 1 is 1.43 bits per heavy atom. The molecule has 1 aliphatic rings. The van der Waals surface area contributed by atoms with E-state index in [4.69, 9.17) is 4.74 Å². The Labute approximate surface area is 136 Å². The van der Waals surface area contributed by atoms with Gasteiger partial charge in [0.25, 0.3) is 0 Å². The maximum Gasteiger partial charge on any atom is 0.226 e. The Kier molecular flexibility index (Phi) is 4.65. The Bertz CT molecular complexity index is 667. The topological polar surface area (TPSA) is 58.2 Å². The van der Waals surface area contributed by atoms with Crippen molar-refractivity contribution in [1.29, 1.82) is 0 Å². The van der Waals surface area contributed by atoms with Crippen molar-refractivity contribution in [2.24, 2.45) is 0 Å². The van der Waals surface area contributed by atoms with Crippen molar-refractivity contribution < 1.29 is 9.53 Å². The van der Waals surface area contributed by atoms with Crippen LogP contribution in [-0.4, -0.2) is 33.9 Å². The standard InChI is InChI=1S/C18H23N3O2/c1-13-5-3-7-16(14(13)2)23-12-8-17(22)21-11-4-6-15(21)18-19-9-10-20-18/h3,5,7,9-10,15H,4,6,8,11-12H2,1-2H3,(H,19,20). The smallest absolute Gasteiger partial charge is 0.226 e. The van der Waals surface area contributed by atoms with Gasteiger partial charge in [-0.2, -0.15) is 0 Å². The second-order valence-corrected chi connectivity index (χ2v) is 6.02. The van der Waals surface area contributed by atoms with Crippen molar-refractivity contribution in [3.63, 3.8) is 0 Å². The van der Waals surface area contributed by atoms with Crippen molar-refractivity contribution in [3.05, 3.63) is 47.5 Å². The number of aromatic amines is 1. The summed E-state index contributed by atoms with van der Waals surface area (Å²) in [5.41, 5.74) is 2.33. The molecule has 23 heavy (non-hydrogen) atoms. The van der Waals surface area contributed by atoms with Gasteiger partial charge in [-0.1, -0.05) is 12.1 Å². The zero-order valence-corrected chi connectivity index (χ0v) is 13.7. The quantitative estimate of drug-likeness (QED) is 0.922. The molecule has 1 aromatic carbocycles. The molecule has 0 spiro atoms. The number of imidazole rings is 1. The summed E-state index contributed by atoms with van der Waals surface area (Å²) in [6.07, 6.45) is 5.93. The number of ether oxygens (including phenoxy) is 1. The first-order chi connectivity index (χ1) is 11.2. The van der Waals surface area contributed by atoms with Crippen LogP contribution in [0.15, 0.2) is 30.6 Å². The highest BCUT2D eigenvalue weighted by atomic mass is 16.5. The maximum absolute atomic E-state index is 12.5. The van der Waals surface area contributed by atoms with E-state index >= 15 is 0 Å². The molecule has 1 N–H and O–H groups in total. The molecule has 5 nitrogen and oxygen atoms in total. The van der Waals surface area contributed by atoms with Crippen LogP contribution in [0.5, 0.6) is 5.75 Å². The van der Waals surface area contributed by atoms with Crippen LogP contribution < -0.4 is 4.74 Å². The summed E-state index contributed by atoms with van der Waals surface area (Å²) in [7, 11) is 0. The van der Waals surface area contributed by atoms with Crippen LogP contribution >= 0.6 is 0 Å². The van der Waals surface area contributed by atoms with Crippen LogP contribution in [0.2, 0.25) is 0 Å². The maximum atomic E-state index is 12.5. The van der Waals surface area contributed by atoms with Gasteiger partial charge in [0.1, 0.15) is 11.6 Å². The molecular weight excluding hydrogens is 290 g/mol. The van der Waals surface area contributed by atoms with Crippen molar-refractivity contribution in [2.45, 2.75) is 39.2 Å². The lowest BCUT2D eigenvalue weighted by Crippen LogP contribution is -2.32. The highest BCUT2D eigenvalue weighted by Gasteiger charge is 2.31. The second kappa shape index (κ2) is 6.86. The van der Waals surface area contributed by atoms with Crippen molar-refractivity contribution in [2.75, 3.05) is 13.2 Å². The highest BCUT2D eigenvalue weighted by molar-refractivity contribution is 5.77. The third-order valence-electron chi connectivity index (χ3n) is 4.54. The molecule has 1 unspecified atom stereocenters. The molecule has 2 heterocycles. The zero-order chi connectivity index (χ0) is 16.2. The van der Waals surface area contributed by atoms with Crippen LogP contribution in [0.1, 0.15) is 42.3 Å². The molecule has 0 aliphatic carbocycles. The van der Waals surface area contributed by atoms with Crippen molar-refractivity contribution in [1.82, 2.24) is 14.9 Å². The third kappa shape index (κ3) is 3.38. The Balaban J connectivity index is 1.56. The number of benzene rings is 1. The third-order valence-corrected chi connectivity index (χ3v) is 4.54. The van der Waals surface area contributed by atoms with E-state index in [2.05, 4.69) is 23.0 Å². The first-order valence-electron chi connectivity index (χ1n) is 8.14. The van der Waals surface area contributed by atoms with Crippen molar-refractivity contribution >= 4 is 5.91 Å². The van der Waals surface area contributed by atoms with Crippen LogP contribution in [0.3, 0.4) is 0 Å². The molecule has 0 bridgehead atoms. The van der Waals surface area contributed by atoms with E-state index in [-0.39, 0.29) is 11.9 Å². The van der Waals surface area contributed by atoms with Gasteiger partial charge in [-0.3, -0.25) is 4.79 Å². The molecule has 1 aliphatic heterocycles. The first-order valence-corrected chi connectivity index (χ1v) is 8.14. The fourth-order valence-electron chi connectivity index (χ4n) is 3.08. The molecule has 0 saturated carbocycles. The summed E-state index contributed by atoms with van der Waals surface area (Å²) < 4.78 is 5.80. The largest absolute Gasteiger partial charge is 0.493 e. The van der Waals surface area contributed by atoms with Crippen LogP contribution in [0.4, 0.5) is 0 Å². The van der Waals surface area contributed by atoms with Gasteiger partial charge in [-0.25, -0.2) is 4.98 Å². The SMILES string of the molecule is Cc1cccc(OCCC(=O)N2CCCC2c2ncc[nH]2)c1C. The van der Waals surface area contributed by atoms with E-state index in [1.165, 1.54) is 5.56 Å². The van der Waals surface area contributed by atoms with Gasteiger partial charge >= 0.3 is 0 Å². The number of likely N-dealkylation sites (tertiary alicyclic amines) is 1. The molecule has 1 fully saturated rings. The first kappa shape index (κ1) is 15.6. The van der Waals surface area contributed by atoms with E-state index in [1.807, 2.05) is 24.0 Å². The predicted octanol–water partition coefficient (Wildman–Crippen LogP) is 3.16. The summed E-state index contributed by atoms with van der Waals surface area (Å²) in [6.45, 7) is 5.31. The number of nitrogens with zero attached hydrogens (tertiary/aromatic N) is 2. The number of hydrogen-bond acceptors (Lipinski definition) is 3. The van der Waals surface area contributed by atoms with Gasteiger partial charge in [0.05, 0.1) is 19.1 Å². The predicted molar refractivity (Wildman–Crippen MR) is 88.3 cm³/mol. The second-order valence-electron chi connectivity index (χ2n) is 6.02. The molecule has 2 aromatic rings. The number of carbonyl (C=O) groups is 1. The molecule has 5 heteroatoms. The van der Waals surface area contributed by atoms with Gasteiger partial charge in [0.15, 0.2) is 0 Å². The number of rotatable bonds is 5. The fraction of sp³-hybridized carbons (Fsp3) is 0.444. The number of aryl methyl sites for hydroxylation is 1. The monoisotopic (exact) mass is 313 g/mol. The number of carbonyl (C=O) groups excluding carboxylic acids is 1. The lowest BCUT2D eigenvalue weighted by atomic mass is 10.1. The molecule has 1 saturated heterocycles. The molecule has 1 atom stereocenters. The van der Waals surface area contributed by atoms with Gasteiger partial charge in [-0.05, 0) is 43.9 Å². The van der Waals surface area contributed by atoms with Crippen LogP contribution in [-0.2, 0) is 4.79 Å². The summed E-state index contributed by atoms with van der Waals surface area (Å²) in [5.74, 6) is 1.88. The van der Waals surface area contributed by atoms with Gasteiger partial charge < -0.3 is 14.6 Å². The minimum absolute atomic E-state index is 0.0817. The molecule has 1 amide bonds. The number of H-pyrrole nitrogens is 1. The number of amides is 1. The molecule has 0 radical (unpaired) electrons. The summed E-state index contributed by atoms with van der Waals surface area (Å²) >= 11 is 0. The lowest BCUT2D eigenvalue weighted by molar-refractivity contribution is -0.132.